The highest BCUT2D eigenvalue weighted by Gasteiger charge is 2.36. The lowest BCUT2D eigenvalue weighted by atomic mass is 9.62. The Labute approximate surface area is 373 Å². The van der Waals surface area contributed by atoms with Gasteiger partial charge in [0.25, 0.3) is 0 Å². The Morgan fingerprint density at radius 2 is 1.32 bits per heavy atom. The molecule has 8 aromatic rings. The van der Waals surface area contributed by atoms with Crippen molar-refractivity contribution in [2.75, 3.05) is 16.5 Å². The van der Waals surface area contributed by atoms with Gasteiger partial charge in [-0.2, -0.15) is 0 Å². The van der Waals surface area contributed by atoms with Crippen molar-refractivity contribution in [3.63, 3.8) is 0 Å². The van der Waals surface area contributed by atoms with Crippen LogP contribution in [-0.2, 0) is 5.41 Å². The number of nitrogens with zero attached hydrogens (tertiary/aromatic N) is 4. The van der Waals surface area contributed by atoms with Gasteiger partial charge in [-0.25, -0.2) is 4.98 Å². The van der Waals surface area contributed by atoms with Gasteiger partial charge in [0.1, 0.15) is 24.0 Å². The van der Waals surface area contributed by atoms with Crippen LogP contribution in [0.25, 0.3) is 38.8 Å². The second-order valence-corrected chi connectivity index (χ2v) is 19.7. The molecule has 0 saturated heterocycles. The zero-order valence-electron chi connectivity index (χ0n) is 37.3. The van der Waals surface area contributed by atoms with Gasteiger partial charge in [0.05, 0.1) is 22.4 Å². The molecule has 0 N–H and O–H groups in total. The van der Waals surface area contributed by atoms with Gasteiger partial charge in [-0.15, -0.1) is 0 Å². The molecular weight excluding hydrogens is 769 g/mol. The van der Waals surface area contributed by atoms with E-state index in [4.69, 9.17) is 9.72 Å². The lowest BCUT2D eigenvalue weighted by Crippen LogP contribution is -2.29. The minimum absolute atomic E-state index is 0.0247. The number of aromatic nitrogens is 2. The third kappa shape index (κ3) is 7.26. The van der Waals surface area contributed by atoms with Gasteiger partial charge in [0, 0.05) is 40.5 Å². The SMILES string of the molecule is Cc1cc(C2CCC3(CCCCC3)CC2)ccc1-c1cc(Oc2cccc(N3CN(c4ccccc4)c4ccccc43)c2)cc2c1c1ccccc1n2-c1cc(C(C)(C)C)ccn1. The molecule has 6 aromatic carbocycles. The smallest absolute Gasteiger partial charge is 0.137 e. The van der Waals surface area contributed by atoms with Crippen LogP contribution in [-0.4, -0.2) is 16.2 Å². The monoisotopic (exact) mass is 826 g/mol. The Kier molecular flexibility index (Phi) is 9.90. The molecule has 0 radical (unpaired) electrons. The molecule has 5 heteroatoms. The van der Waals surface area contributed by atoms with Crippen molar-refractivity contribution in [3.8, 4) is 28.4 Å². The minimum atomic E-state index is -0.0247. The van der Waals surface area contributed by atoms with E-state index in [1.165, 1.54) is 113 Å². The largest absolute Gasteiger partial charge is 0.457 e. The Hall–Kier alpha value is -6.33. The first-order valence-corrected chi connectivity index (χ1v) is 23.3. The average molecular weight is 827 g/mol. The van der Waals surface area contributed by atoms with Crippen LogP contribution in [0.3, 0.4) is 0 Å². The third-order valence-electron chi connectivity index (χ3n) is 14.7. The van der Waals surface area contributed by atoms with E-state index in [0.717, 1.165) is 34.0 Å². The van der Waals surface area contributed by atoms with Gasteiger partial charge < -0.3 is 14.5 Å². The molecule has 3 aliphatic rings. The number of pyridine rings is 1. The van der Waals surface area contributed by atoms with Crippen LogP contribution in [0.1, 0.15) is 101 Å². The highest BCUT2D eigenvalue weighted by atomic mass is 16.5. The molecule has 3 heterocycles. The zero-order chi connectivity index (χ0) is 42.7. The molecule has 2 aliphatic carbocycles. The molecule has 1 spiro atoms. The molecule has 1 aliphatic heterocycles. The Morgan fingerprint density at radius 1 is 0.603 bits per heavy atom. The van der Waals surface area contributed by atoms with E-state index in [1.54, 1.807) is 0 Å². The maximum absolute atomic E-state index is 7.05. The average Bonchev–Trinajstić information content (AvgIpc) is 3.86. The summed E-state index contributed by atoms with van der Waals surface area (Å²) in [6.45, 7) is 9.83. The van der Waals surface area contributed by atoms with E-state index in [1.807, 2.05) is 6.20 Å². The predicted octanol–water partition coefficient (Wildman–Crippen LogP) is 16.1. The highest BCUT2D eigenvalue weighted by Crippen LogP contribution is 2.52. The Bertz CT molecular complexity index is 2960. The van der Waals surface area contributed by atoms with Crippen LogP contribution in [0.15, 0.2) is 152 Å². The molecule has 0 atom stereocenters. The minimum Gasteiger partial charge on any atom is -0.457 e. The van der Waals surface area contributed by atoms with Crippen molar-refractivity contribution in [2.24, 2.45) is 5.41 Å². The number of fused-ring (bicyclic) bond motifs is 4. The number of benzene rings is 6. The van der Waals surface area contributed by atoms with Crippen LogP contribution < -0.4 is 14.5 Å². The summed E-state index contributed by atoms with van der Waals surface area (Å²) in [7, 11) is 0. The summed E-state index contributed by atoms with van der Waals surface area (Å²) in [5, 5.41) is 2.43. The van der Waals surface area contributed by atoms with Crippen LogP contribution >= 0.6 is 0 Å². The van der Waals surface area contributed by atoms with E-state index in [0.29, 0.717) is 18.0 Å². The van der Waals surface area contributed by atoms with Crippen molar-refractivity contribution < 1.29 is 4.74 Å². The maximum atomic E-state index is 7.05. The quantitative estimate of drug-likeness (QED) is 0.160. The lowest BCUT2D eigenvalue weighted by Gasteiger charge is -2.43. The number of hydrogen-bond donors (Lipinski definition) is 0. The van der Waals surface area contributed by atoms with Crippen LogP contribution in [0.5, 0.6) is 11.5 Å². The number of hydrogen-bond acceptors (Lipinski definition) is 4. The first-order valence-electron chi connectivity index (χ1n) is 23.3. The van der Waals surface area contributed by atoms with Gasteiger partial charge in [-0.3, -0.25) is 4.57 Å². The third-order valence-corrected chi connectivity index (χ3v) is 14.7. The molecule has 5 nitrogen and oxygen atoms in total. The molecule has 0 unspecified atom stereocenters. The van der Waals surface area contributed by atoms with E-state index in [9.17, 15) is 0 Å². The molecule has 63 heavy (non-hydrogen) atoms. The zero-order valence-corrected chi connectivity index (χ0v) is 37.3. The van der Waals surface area contributed by atoms with E-state index < -0.39 is 0 Å². The topological polar surface area (TPSA) is 33.5 Å². The molecule has 0 amide bonds. The van der Waals surface area contributed by atoms with E-state index in [2.05, 4.69) is 188 Å². The summed E-state index contributed by atoms with van der Waals surface area (Å²) < 4.78 is 9.40. The highest BCUT2D eigenvalue weighted by molar-refractivity contribution is 6.16. The van der Waals surface area contributed by atoms with Crippen molar-refractivity contribution in [1.29, 1.82) is 0 Å². The van der Waals surface area contributed by atoms with Crippen LogP contribution in [0.4, 0.5) is 22.7 Å². The molecule has 2 saturated carbocycles. The molecule has 2 aromatic heterocycles. The summed E-state index contributed by atoms with van der Waals surface area (Å²) in [5.74, 6) is 3.14. The standard InChI is InChI=1S/C58H58N4O/c1-40-34-42(41-26-31-58(32-27-41)29-13-6-14-30-58)24-25-48(40)50-37-47(38-54-56(50)49-20-9-10-21-51(49)62(54)55-35-43(28-33-59-55)57(2,3)4)63-46-19-15-18-45(36-46)61-39-60(44-16-7-5-8-17-44)52-22-11-12-23-53(52)61/h5,7-12,15-25,28,33-38,41H,6,13-14,26-27,29-32,39H2,1-4H3. The summed E-state index contributed by atoms with van der Waals surface area (Å²) in [4.78, 5) is 9.79. The van der Waals surface area contributed by atoms with Gasteiger partial charge in [0.2, 0.25) is 0 Å². The van der Waals surface area contributed by atoms with Gasteiger partial charge >= 0.3 is 0 Å². The lowest BCUT2D eigenvalue weighted by molar-refractivity contribution is 0.114. The fourth-order valence-corrected chi connectivity index (χ4v) is 11.3. The van der Waals surface area contributed by atoms with Crippen LogP contribution in [0.2, 0.25) is 0 Å². The van der Waals surface area contributed by atoms with Gasteiger partial charge in [-0.05, 0) is 151 Å². The van der Waals surface area contributed by atoms with Crippen molar-refractivity contribution in [1.82, 2.24) is 9.55 Å². The molecule has 316 valence electrons. The predicted molar refractivity (Wildman–Crippen MR) is 263 cm³/mol. The second kappa shape index (κ2) is 15.8. The number of rotatable bonds is 7. The summed E-state index contributed by atoms with van der Waals surface area (Å²) >= 11 is 0. The van der Waals surface area contributed by atoms with Gasteiger partial charge in [0.15, 0.2) is 0 Å². The fraction of sp³-hybridized carbons (Fsp3) is 0.293. The molecule has 2 fully saturated rings. The Balaban J connectivity index is 1.01. The summed E-state index contributed by atoms with van der Waals surface area (Å²) in [5.41, 5.74) is 13.9. The summed E-state index contributed by atoms with van der Waals surface area (Å²) in [6, 6.07) is 52.9. The second-order valence-electron chi connectivity index (χ2n) is 19.7. The Morgan fingerprint density at radius 3 is 2.08 bits per heavy atom. The van der Waals surface area contributed by atoms with E-state index >= 15 is 0 Å². The maximum Gasteiger partial charge on any atom is 0.137 e. The normalized spacial score (nSPS) is 16.6. The fourth-order valence-electron chi connectivity index (χ4n) is 11.3. The first kappa shape index (κ1) is 39.5. The summed E-state index contributed by atoms with van der Waals surface area (Å²) in [6.07, 6.45) is 14.5. The van der Waals surface area contributed by atoms with Crippen molar-refractivity contribution >= 4 is 44.6 Å². The van der Waals surface area contributed by atoms with E-state index in [-0.39, 0.29) is 5.41 Å². The van der Waals surface area contributed by atoms with Crippen LogP contribution in [0, 0.1) is 12.3 Å². The van der Waals surface area contributed by atoms with Gasteiger partial charge in [-0.1, -0.05) is 113 Å². The van der Waals surface area contributed by atoms with Crippen molar-refractivity contribution in [3.05, 3.63) is 168 Å². The molecule has 0 bridgehead atoms. The number of anilines is 4. The first-order chi connectivity index (χ1) is 30.7. The molecule has 11 rings (SSSR count). The molecular formula is C58H58N4O. The number of ether oxygens (including phenoxy) is 1. The number of aryl methyl sites for hydroxylation is 1. The number of para-hydroxylation sites is 4. The van der Waals surface area contributed by atoms with Crippen molar-refractivity contribution in [2.45, 2.75) is 96.8 Å².